The summed E-state index contributed by atoms with van der Waals surface area (Å²) in [5.41, 5.74) is 2.39. The van der Waals surface area contributed by atoms with Gasteiger partial charge in [0.1, 0.15) is 11.5 Å². The van der Waals surface area contributed by atoms with Gasteiger partial charge in [0.2, 0.25) is 0 Å². The summed E-state index contributed by atoms with van der Waals surface area (Å²) in [4.78, 5) is 9.08. The van der Waals surface area contributed by atoms with E-state index in [1.807, 2.05) is 19.2 Å². The van der Waals surface area contributed by atoms with Crippen molar-refractivity contribution in [1.82, 2.24) is 10.6 Å². The lowest BCUT2D eigenvalue weighted by Gasteiger charge is -2.34. The molecule has 8 heteroatoms. The summed E-state index contributed by atoms with van der Waals surface area (Å²) in [5.74, 6) is 2.53. The Morgan fingerprint density at radius 2 is 1.70 bits per heavy atom. The van der Waals surface area contributed by atoms with Gasteiger partial charge in [-0.2, -0.15) is 0 Å². The van der Waals surface area contributed by atoms with Gasteiger partial charge in [0.25, 0.3) is 0 Å². The van der Waals surface area contributed by atoms with Crippen molar-refractivity contribution in [3.05, 3.63) is 48.5 Å². The first kappa shape index (κ1) is 26.9. The second-order valence-corrected chi connectivity index (χ2v) is 8.09. The van der Waals surface area contributed by atoms with Crippen molar-refractivity contribution in [2.45, 2.75) is 25.3 Å². The van der Waals surface area contributed by atoms with Crippen LogP contribution in [0.15, 0.2) is 53.5 Å². The van der Waals surface area contributed by atoms with Gasteiger partial charge in [-0.15, -0.1) is 24.0 Å². The van der Waals surface area contributed by atoms with E-state index in [2.05, 4.69) is 68.9 Å². The Kier molecular flexibility index (Phi) is 11.4. The second-order valence-electron chi connectivity index (χ2n) is 8.09. The van der Waals surface area contributed by atoms with E-state index in [0.717, 1.165) is 68.6 Å². The molecule has 1 aliphatic heterocycles. The van der Waals surface area contributed by atoms with Gasteiger partial charge in [-0.3, -0.25) is 4.99 Å². The molecule has 0 spiro atoms. The Hall–Kier alpha value is -2.36. The quantitative estimate of drug-likeness (QED) is 0.207. The second kappa shape index (κ2) is 14.0. The van der Waals surface area contributed by atoms with E-state index in [0.29, 0.717) is 6.04 Å². The van der Waals surface area contributed by atoms with Crippen molar-refractivity contribution >= 4 is 41.3 Å². The molecular weight excluding hydrogens is 529 g/mol. The molecule has 7 nitrogen and oxygen atoms in total. The minimum absolute atomic E-state index is 0. The molecule has 182 valence electrons. The van der Waals surface area contributed by atoms with Crippen LogP contribution in [0, 0.1) is 0 Å². The molecule has 1 aliphatic rings. The number of nitrogens with zero attached hydrogens (tertiary/aromatic N) is 3. The smallest absolute Gasteiger partial charge is 0.191 e. The molecule has 3 rings (SSSR count). The monoisotopic (exact) mass is 567 g/mol. The van der Waals surface area contributed by atoms with Crippen molar-refractivity contribution in [3.63, 3.8) is 0 Å². The summed E-state index contributed by atoms with van der Waals surface area (Å²) in [6.07, 6.45) is 3.15. The molecule has 1 heterocycles. The zero-order valence-corrected chi connectivity index (χ0v) is 22.5. The third-order valence-corrected chi connectivity index (χ3v) is 5.92. The average Bonchev–Trinajstić information content (AvgIpc) is 2.86. The maximum Gasteiger partial charge on any atom is 0.191 e. The minimum atomic E-state index is 0. The van der Waals surface area contributed by atoms with Crippen LogP contribution < -0.4 is 29.9 Å². The number of rotatable bonds is 9. The minimum Gasteiger partial charge on any atom is -0.497 e. The maximum atomic E-state index is 5.42. The van der Waals surface area contributed by atoms with Crippen molar-refractivity contribution < 1.29 is 9.47 Å². The van der Waals surface area contributed by atoms with Gasteiger partial charge in [-0.1, -0.05) is 18.2 Å². The van der Waals surface area contributed by atoms with Crippen LogP contribution in [0.5, 0.6) is 11.5 Å². The first-order valence-electron chi connectivity index (χ1n) is 11.3. The van der Waals surface area contributed by atoms with Crippen LogP contribution in [0.2, 0.25) is 0 Å². The Labute approximate surface area is 215 Å². The van der Waals surface area contributed by atoms with Crippen molar-refractivity contribution in [2.24, 2.45) is 4.99 Å². The first-order chi connectivity index (χ1) is 15.6. The molecule has 0 atom stereocenters. The third-order valence-electron chi connectivity index (χ3n) is 5.92. The highest BCUT2D eigenvalue weighted by Crippen LogP contribution is 2.30. The van der Waals surface area contributed by atoms with Gasteiger partial charge < -0.3 is 29.9 Å². The molecule has 2 N–H and O–H groups in total. The molecule has 2 aromatic rings. The third kappa shape index (κ3) is 8.17. The number of ether oxygens (including phenoxy) is 2. The first-order valence-corrected chi connectivity index (χ1v) is 11.3. The zero-order valence-electron chi connectivity index (χ0n) is 20.2. The van der Waals surface area contributed by atoms with E-state index in [1.54, 1.807) is 14.2 Å². The fraction of sp³-hybridized carbons (Fsp3) is 0.480. The molecule has 0 bridgehead atoms. The maximum absolute atomic E-state index is 5.42. The average molecular weight is 568 g/mol. The zero-order chi connectivity index (χ0) is 22.8. The molecule has 0 unspecified atom stereocenters. The Morgan fingerprint density at radius 1 is 1.06 bits per heavy atom. The summed E-state index contributed by atoms with van der Waals surface area (Å²) in [5, 5.41) is 7.05. The van der Waals surface area contributed by atoms with E-state index in [4.69, 9.17) is 9.47 Å². The van der Waals surface area contributed by atoms with Crippen molar-refractivity contribution in [3.8, 4) is 11.5 Å². The van der Waals surface area contributed by atoms with Crippen LogP contribution in [-0.4, -0.2) is 66.5 Å². The fourth-order valence-electron chi connectivity index (χ4n) is 3.98. The number of hydrogen-bond donors (Lipinski definition) is 2. The van der Waals surface area contributed by atoms with E-state index in [1.165, 1.54) is 5.69 Å². The van der Waals surface area contributed by atoms with Crippen LogP contribution in [0.1, 0.15) is 19.3 Å². The summed E-state index contributed by atoms with van der Waals surface area (Å²) in [6, 6.07) is 16.9. The fourth-order valence-corrected chi connectivity index (χ4v) is 3.98. The van der Waals surface area contributed by atoms with Crippen molar-refractivity contribution in [2.75, 3.05) is 64.3 Å². The SMILES string of the molecule is CN=C(NCCCN(C)c1ccccc1)NC1CCN(c2cc(OC)cc(OC)c2)CC1.I. The molecule has 2 aromatic carbocycles. The summed E-state index contributed by atoms with van der Waals surface area (Å²) in [7, 11) is 7.34. The van der Waals surface area contributed by atoms with Crippen LogP contribution in [-0.2, 0) is 0 Å². The number of nitrogens with one attached hydrogen (secondary N) is 2. The molecule has 0 aromatic heterocycles. The Bertz CT molecular complexity index is 835. The van der Waals surface area contributed by atoms with E-state index >= 15 is 0 Å². The number of piperidine rings is 1. The highest BCUT2D eigenvalue weighted by Gasteiger charge is 2.21. The van der Waals surface area contributed by atoms with Gasteiger partial charge in [0.15, 0.2) is 5.96 Å². The normalized spacial score (nSPS) is 14.3. The summed E-state index contributed by atoms with van der Waals surface area (Å²) < 4.78 is 10.8. The largest absolute Gasteiger partial charge is 0.497 e. The highest BCUT2D eigenvalue weighted by molar-refractivity contribution is 14.0. The van der Waals surface area contributed by atoms with E-state index in [-0.39, 0.29) is 24.0 Å². The number of benzene rings is 2. The van der Waals surface area contributed by atoms with Crippen LogP contribution in [0.4, 0.5) is 11.4 Å². The molecular formula is C25H38IN5O2. The number of para-hydroxylation sites is 1. The predicted molar refractivity (Wildman–Crippen MR) is 149 cm³/mol. The number of aliphatic imine (C=N–C) groups is 1. The lowest BCUT2D eigenvalue weighted by atomic mass is 10.0. The topological polar surface area (TPSA) is 61.4 Å². The van der Waals surface area contributed by atoms with Gasteiger partial charge in [-0.05, 0) is 31.4 Å². The van der Waals surface area contributed by atoms with Gasteiger partial charge >= 0.3 is 0 Å². The summed E-state index contributed by atoms with van der Waals surface area (Å²) in [6.45, 7) is 3.84. The molecule has 0 radical (unpaired) electrons. The van der Waals surface area contributed by atoms with Gasteiger partial charge in [0.05, 0.1) is 14.2 Å². The number of methoxy groups -OCH3 is 2. The molecule has 0 saturated carbocycles. The molecule has 1 fully saturated rings. The molecule has 0 aliphatic carbocycles. The predicted octanol–water partition coefficient (Wildman–Crippen LogP) is 3.98. The van der Waals surface area contributed by atoms with Gasteiger partial charge in [0, 0.05) is 75.9 Å². The molecule has 1 saturated heterocycles. The summed E-state index contributed by atoms with van der Waals surface area (Å²) >= 11 is 0. The van der Waals surface area contributed by atoms with Gasteiger partial charge in [-0.25, -0.2) is 0 Å². The lowest BCUT2D eigenvalue weighted by Crippen LogP contribution is -2.49. The van der Waals surface area contributed by atoms with E-state index in [9.17, 15) is 0 Å². The molecule has 33 heavy (non-hydrogen) atoms. The van der Waals surface area contributed by atoms with E-state index < -0.39 is 0 Å². The number of halogens is 1. The lowest BCUT2D eigenvalue weighted by molar-refractivity contribution is 0.393. The Morgan fingerprint density at radius 3 is 2.27 bits per heavy atom. The standard InChI is InChI=1S/C25H37N5O2.HI/c1-26-25(27-13-8-14-29(2)21-9-6-5-7-10-21)28-20-11-15-30(16-12-20)22-17-23(31-3)19-24(18-22)32-4;/h5-7,9-10,17-20H,8,11-16H2,1-4H3,(H2,26,27,28);1H. The van der Waals surface area contributed by atoms with Crippen molar-refractivity contribution in [1.29, 1.82) is 0 Å². The number of hydrogen-bond acceptors (Lipinski definition) is 5. The van der Waals surface area contributed by atoms with Crippen LogP contribution in [0.25, 0.3) is 0 Å². The number of guanidine groups is 1. The Balaban J connectivity index is 0.00000385. The van der Waals surface area contributed by atoms with Crippen LogP contribution in [0.3, 0.4) is 0 Å². The highest BCUT2D eigenvalue weighted by atomic mass is 127. The molecule has 0 amide bonds. The number of anilines is 2. The van der Waals surface area contributed by atoms with Crippen LogP contribution >= 0.6 is 24.0 Å².